The predicted octanol–water partition coefficient (Wildman–Crippen LogP) is 2.85. The first kappa shape index (κ1) is 15.8. The summed E-state index contributed by atoms with van der Waals surface area (Å²) in [6, 6.07) is 7.92. The summed E-state index contributed by atoms with van der Waals surface area (Å²) in [4.78, 5) is 4.44. The maximum atomic E-state index is 5.64. The second kappa shape index (κ2) is 7.43. The summed E-state index contributed by atoms with van der Waals surface area (Å²) < 4.78 is 10.9. The van der Waals surface area contributed by atoms with E-state index in [0.29, 0.717) is 18.4 Å². The minimum Gasteiger partial charge on any atom is -0.484 e. The van der Waals surface area contributed by atoms with E-state index in [1.54, 1.807) is 0 Å². The second-order valence-electron chi connectivity index (χ2n) is 5.17. The van der Waals surface area contributed by atoms with Crippen LogP contribution in [0.3, 0.4) is 0 Å². The van der Waals surface area contributed by atoms with Gasteiger partial charge >= 0.3 is 0 Å². The van der Waals surface area contributed by atoms with Crippen molar-refractivity contribution < 1.29 is 9.26 Å². The van der Waals surface area contributed by atoms with Crippen LogP contribution in [-0.2, 0) is 6.61 Å². The van der Waals surface area contributed by atoms with Crippen molar-refractivity contribution in [1.82, 2.24) is 15.5 Å². The van der Waals surface area contributed by atoms with Gasteiger partial charge in [0.15, 0.2) is 12.4 Å². The first-order valence-corrected chi connectivity index (χ1v) is 7.04. The number of halogens is 1. The van der Waals surface area contributed by atoms with Crippen molar-refractivity contribution in [2.45, 2.75) is 32.3 Å². The molecule has 3 rings (SSSR count). The molecule has 0 saturated carbocycles. The van der Waals surface area contributed by atoms with Crippen LogP contribution in [0, 0.1) is 6.92 Å². The molecule has 1 N–H and O–H groups in total. The summed E-state index contributed by atoms with van der Waals surface area (Å²) in [5.41, 5.74) is 1.21. The molecule has 0 aliphatic carbocycles. The van der Waals surface area contributed by atoms with Crippen molar-refractivity contribution in [3.05, 3.63) is 41.5 Å². The number of aryl methyl sites for hydroxylation is 1. The second-order valence-corrected chi connectivity index (χ2v) is 5.17. The molecule has 1 aromatic heterocycles. The predicted molar refractivity (Wildman–Crippen MR) is 81.9 cm³/mol. The van der Waals surface area contributed by atoms with Gasteiger partial charge in [-0.2, -0.15) is 4.98 Å². The third-order valence-electron chi connectivity index (χ3n) is 3.57. The fourth-order valence-electron chi connectivity index (χ4n) is 2.35. The van der Waals surface area contributed by atoms with Gasteiger partial charge in [0, 0.05) is 5.92 Å². The average Bonchev–Trinajstić information content (AvgIpc) is 2.97. The van der Waals surface area contributed by atoms with Gasteiger partial charge in [-0.05, 0) is 45.0 Å². The zero-order valence-corrected chi connectivity index (χ0v) is 12.9. The molecule has 1 saturated heterocycles. The molecule has 0 unspecified atom stereocenters. The number of hydrogen-bond acceptors (Lipinski definition) is 5. The van der Waals surface area contributed by atoms with Crippen LogP contribution >= 0.6 is 12.4 Å². The Balaban J connectivity index is 0.00000161. The quantitative estimate of drug-likeness (QED) is 0.941. The topological polar surface area (TPSA) is 60.2 Å². The van der Waals surface area contributed by atoms with Gasteiger partial charge in [-0.15, -0.1) is 12.4 Å². The highest BCUT2D eigenvalue weighted by Crippen LogP contribution is 2.22. The van der Waals surface area contributed by atoms with Crippen LogP contribution in [0.5, 0.6) is 5.75 Å². The Bertz CT molecular complexity index is 550. The fourth-order valence-corrected chi connectivity index (χ4v) is 2.35. The van der Waals surface area contributed by atoms with Gasteiger partial charge in [0.25, 0.3) is 5.89 Å². The lowest BCUT2D eigenvalue weighted by Gasteiger charge is -2.18. The van der Waals surface area contributed by atoms with Gasteiger partial charge in [0.05, 0.1) is 0 Å². The van der Waals surface area contributed by atoms with Crippen LogP contribution in [0.2, 0.25) is 0 Å². The van der Waals surface area contributed by atoms with E-state index in [1.807, 2.05) is 31.2 Å². The molecular formula is C15H20ClN3O2. The van der Waals surface area contributed by atoms with E-state index >= 15 is 0 Å². The van der Waals surface area contributed by atoms with E-state index < -0.39 is 0 Å². The van der Waals surface area contributed by atoms with Crippen LogP contribution in [-0.4, -0.2) is 23.2 Å². The molecular weight excluding hydrogens is 290 g/mol. The van der Waals surface area contributed by atoms with Gasteiger partial charge < -0.3 is 14.6 Å². The largest absolute Gasteiger partial charge is 0.484 e. The molecule has 0 spiro atoms. The molecule has 0 radical (unpaired) electrons. The summed E-state index contributed by atoms with van der Waals surface area (Å²) in [6.45, 7) is 4.41. The highest BCUT2D eigenvalue weighted by atomic mass is 35.5. The minimum absolute atomic E-state index is 0. The zero-order chi connectivity index (χ0) is 13.8. The minimum atomic E-state index is 0. The molecule has 5 nitrogen and oxygen atoms in total. The number of nitrogens with one attached hydrogen (secondary N) is 1. The van der Waals surface area contributed by atoms with Crippen molar-refractivity contribution in [3.63, 3.8) is 0 Å². The Labute approximate surface area is 130 Å². The van der Waals surface area contributed by atoms with Crippen molar-refractivity contribution >= 4 is 12.4 Å². The molecule has 1 aliphatic heterocycles. The number of aromatic nitrogens is 2. The van der Waals surface area contributed by atoms with Crippen LogP contribution in [0.4, 0.5) is 0 Å². The summed E-state index contributed by atoms with van der Waals surface area (Å²) in [6.07, 6.45) is 2.13. The van der Waals surface area contributed by atoms with E-state index in [0.717, 1.165) is 37.5 Å². The lowest BCUT2D eigenvalue weighted by molar-refractivity contribution is 0.242. The van der Waals surface area contributed by atoms with Crippen LogP contribution in [0.15, 0.2) is 28.8 Å². The van der Waals surface area contributed by atoms with Gasteiger partial charge in [-0.3, -0.25) is 0 Å². The van der Waals surface area contributed by atoms with E-state index in [9.17, 15) is 0 Å². The number of piperidine rings is 1. The molecule has 1 aromatic carbocycles. The molecule has 6 heteroatoms. The maximum Gasteiger partial charge on any atom is 0.264 e. The first-order chi connectivity index (χ1) is 9.81. The Morgan fingerprint density at radius 3 is 2.67 bits per heavy atom. The van der Waals surface area contributed by atoms with Gasteiger partial charge in [0.2, 0.25) is 0 Å². The SMILES string of the molecule is Cc1ccc(OCc2nc(C3CCNCC3)no2)cc1.Cl. The standard InChI is InChI=1S/C15H19N3O2.ClH/c1-11-2-4-13(5-3-11)19-10-14-17-15(18-20-14)12-6-8-16-9-7-12;/h2-5,12,16H,6-10H2,1H3;1H. The summed E-state index contributed by atoms with van der Waals surface area (Å²) in [5.74, 6) is 2.58. The molecule has 1 aliphatic rings. The Kier molecular flexibility index (Phi) is 5.59. The van der Waals surface area contributed by atoms with Crippen LogP contribution < -0.4 is 10.1 Å². The third kappa shape index (κ3) is 4.19. The monoisotopic (exact) mass is 309 g/mol. The zero-order valence-electron chi connectivity index (χ0n) is 12.0. The lowest BCUT2D eigenvalue weighted by atomic mass is 9.98. The molecule has 21 heavy (non-hydrogen) atoms. The average molecular weight is 310 g/mol. The van der Waals surface area contributed by atoms with Crippen molar-refractivity contribution in [2.24, 2.45) is 0 Å². The van der Waals surface area contributed by atoms with Crippen molar-refractivity contribution in [2.75, 3.05) is 13.1 Å². The maximum absolute atomic E-state index is 5.64. The Hall–Kier alpha value is -1.59. The highest BCUT2D eigenvalue weighted by Gasteiger charge is 2.20. The summed E-state index contributed by atoms with van der Waals surface area (Å²) in [5, 5.41) is 7.40. The first-order valence-electron chi connectivity index (χ1n) is 7.04. The smallest absolute Gasteiger partial charge is 0.264 e. The molecule has 1 fully saturated rings. The number of ether oxygens (including phenoxy) is 1. The third-order valence-corrected chi connectivity index (χ3v) is 3.57. The Morgan fingerprint density at radius 2 is 1.95 bits per heavy atom. The fraction of sp³-hybridized carbons (Fsp3) is 0.467. The number of hydrogen-bond donors (Lipinski definition) is 1. The van der Waals surface area contributed by atoms with E-state index in [1.165, 1.54) is 5.56 Å². The number of rotatable bonds is 4. The molecule has 0 amide bonds. The number of nitrogens with zero attached hydrogens (tertiary/aromatic N) is 2. The van der Waals surface area contributed by atoms with Crippen molar-refractivity contribution in [3.8, 4) is 5.75 Å². The summed E-state index contributed by atoms with van der Waals surface area (Å²) >= 11 is 0. The van der Waals surface area contributed by atoms with Gasteiger partial charge in [-0.25, -0.2) is 0 Å². The van der Waals surface area contributed by atoms with Crippen molar-refractivity contribution in [1.29, 1.82) is 0 Å². The number of benzene rings is 1. The van der Waals surface area contributed by atoms with E-state index in [4.69, 9.17) is 9.26 Å². The lowest BCUT2D eigenvalue weighted by Crippen LogP contribution is -2.27. The van der Waals surface area contributed by atoms with Gasteiger partial charge in [0.1, 0.15) is 5.75 Å². The van der Waals surface area contributed by atoms with Crippen LogP contribution in [0.25, 0.3) is 0 Å². The molecule has 0 atom stereocenters. The van der Waals surface area contributed by atoms with E-state index in [2.05, 4.69) is 15.5 Å². The summed E-state index contributed by atoms with van der Waals surface area (Å²) in [7, 11) is 0. The molecule has 0 bridgehead atoms. The van der Waals surface area contributed by atoms with E-state index in [-0.39, 0.29) is 12.4 Å². The normalized spacial score (nSPS) is 15.5. The molecule has 114 valence electrons. The molecule has 2 heterocycles. The van der Waals surface area contributed by atoms with Crippen LogP contribution in [0.1, 0.15) is 36.0 Å². The molecule has 2 aromatic rings. The highest BCUT2D eigenvalue weighted by molar-refractivity contribution is 5.85. The Morgan fingerprint density at radius 1 is 1.24 bits per heavy atom. The van der Waals surface area contributed by atoms with Gasteiger partial charge in [-0.1, -0.05) is 22.9 Å².